The molecule has 0 spiro atoms. The van der Waals surface area contributed by atoms with E-state index >= 15 is 0 Å². The normalized spacial score (nSPS) is 32.3. The van der Waals surface area contributed by atoms with Gasteiger partial charge in [-0.25, -0.2) is 4.68 Å². The number of rotatable bonds is 2. The van der Waals surface area contributed by atoms with Gasteiger partial charge in [0, 0.05) is 19.1 Å². The molecule has 16 heavy (non-hydrogen) atoms. The van der Waals surface area contributed by atoms with Crippen LogP contribution in [0.4, 0.5) is 5.95 Å². The molecule has 1 N–H and O–H groups in total. The minimum absolute atomic E-state index is 0.0622. The van der Waals surface area contributed by atoms with Crippen LogP contribution in [0.25, 0.3) is 0 Å². The minimum Gasteiger partial charge on any atom is -0.481 e. The van der Waals surface area contributed by atoms with Gasteiger partial charge in [0.15, 0.2) is 0 Å². The van der Waals surface area contributed by atoms with Gasteiger partial charge < -0.3 is 10.0 Å². The van der Waals surface area contributed by atoms with Crippen molar-refractivity contribution in [2.75, 3.05) is 4.90 Å². The maximum atomic E-state index is 11.1. The maximum absolute atomic E-state index is 11.1. The van der Waals surface area contributed by atoms with E-state index in [-0.39, 0.29) is 18.0 Å². The summed E-state index contributed by atoms with van der Waals surface area (Å²) in [6.07, 6.45) is 2.68. The van der Waals surface area contributed by atoms with E-state index in [1.807, 2.05) is 0 Å². The molecule has 0 radical (unpaired) electrons. The molecule has 3 heterocycles. The number of aromatic nitrogens is 4. The van der Waals surface area contributed by atoms with Crippen molar-refractivity contribution in [1.82, 2.24) is 20.2 Å². The fourth-order valence-corrected chi connectivity index (χ4v) is 3.01. The van der Waals surface area contributed by atoms with Crippen molar-refractivity contribution in [3.05, 3.63) is 0 Å². The molecule has 3 atom stereocenters. The number of hydrogen-bond donors (Lipinski definition) is 1. The summed E-state index contributed by atoms with van der Waals surface area (Å²) in [4.78, 5) is 13.2. The highest BCUT2D eigenvalue weighted by molar-refractivity contribution is 5.73. The number of carbonyl (C=O) groups is 1. The molecular formula is C9H13N5O2. The highest BCUT2D eigenvalue weighted by atomic mass is 16.4. The van der Waals surface area contributed by atoms with Crippen LogP contribution >= 0.6 is 0 Å². The topological polar surface area (TPSA) is 84.1 Å². The second-order valence-corrected chi connectivity index (χ2v) is 4.49. The summed E-state index contributed by atoms with van der Waals surface area (Å²) in [7, 11) is 1.78. The molecule has 2 saturated heterocycles. The van der Waals surface area contributed by atoms with Crippen molar-refractivity contribution in [3.63, 3.8) is 0 Å². The predicted molar refractivity (Wildman–Crippen MR) is 53.8 cm³/mol. The Morgan fingerprint density at radius 1 is 1.50 bits per heavy atom. The summed E-state index contributed by atoms with van der Waals surface area (Å²) in [5.74, 6) is -0.279. The Kier molecular flexibility index (Phi) is 1.89. The highest BCUT2D eigenvalue weighted by Crippen LogP contribution is 2.43. The zero-order valence-electron chi connectivity index (χ0n) is 8.94. The molecule has 2 bridgehead atoms. The second-order valence-electron chi connectivity index (χ2n) is 4.49. The lowest BCUT2D eigenvalue weighted by Crippen LogP contribution is -2.34. The number of carboxylic acids is 1. The van der Waals surface area contributed by atoms with Gasteiger partial charge in [-0.05, 0) is 29.7 Å². The molecule has 0 saturated carbocycles. The first-order chi connectivity index (χ1) is 7.68. The monoisotopic (exact) mass is 223 g/mol. The van der Waals surface area contributed by atoms with Crippen LogP contribution in [-0.2, 0) is 11.8 Å². The lowest BCUT2D eigenvalue weighted by atomic mass is 9.89. The van der Waals surface area contributed by atoms with Gasteiger partial charge in [0.25, 0.3) is 0 Å². The number of fused-ring (bicyclic) bond motifs is 2. The molecular weight excluding hydrogens is 210 g/mol. The van der Waals surface area contributed by atoms with Gasteiger partial charge in [0.05, 0.1) is 5.92 Å². The molecule has 2 fully saturated rings. The number of tetrazole rings is 1. The summed E-state index contributed by atoms with van der Waals surface area (Å²) in [6.45, 7) is 0. The summed E-state index contributed by atoms with van der Waals surface area (Å²) >= 11 is 0. The van der Waals surface area contributed by atoms with Gasteiger partial charge in [0.2, 0.25) is 5.95 Å². The molecule has 1 aromatic rings. The molecule has 1 aromatic heterocycles. The van der Waals surface area contributed by atoms with E-state index < -0.39 is 5.97 Å². The SMILES string of the molecule is Cn1nnnc1N1C2CCC1C(C(=O)O)C2. The van der Waals surface area contributed by atoms with Crippen LogP contribution in [-0.4, -0.2) is 43.4 Å². The van der Waals surface area contributed by atoms with Crippen molar-refractivity contribution < 1.29 is 9.90 Å². The summed E-state index contributed by atoms with van der Waals surface area (Å²) in [6, 6.07) is 0.350. The first-order valence-electron chi connectivity index (χ1n) is 5.42. The molecule has 2 aliphatic rings. The van der Waals surface area contributed by atoms with Gasteiger partial charge in [-0.1, -0.05) is 5.10 Å². The molecule has 7 heteroatoms. The largest absolute Gasteiger partial charge is 0.481 e. The maximum Gasteiger partial charge on any atom is 0.308 e. The van der Waals surface area contributed by atoms with Gasteiger partial charge >= 0.3 is 5.97 Å². The number of carboxylic acid groups (broad SMARTS) is 1. The van der Waals surface area contributed by atoms with Crippen molar-refractivity contribution in [1.29, 1.82) is 0 Å². The molecule has 3 unspecified atom stereocenters. The summed E-state index contributed by atoms with van der Waals surface area (Å²) in [5.41, 5.74) is 0. The lowest BCUT2D eigenvalue weighted by Gasteiger charge is -2.22. The fraction of sp³-hybridized carbons (Fsp3) is 0.778. The number of nitrogens with zero attached hydrogens (tertiary/aromatic N) is 5. The van der Waals surface area contributed by atoms with Gasteiger partial charge in [0.1, 0.15) is 0 Å². The van der Waals surface area contributed by atoms with E-state index in [0.29, 0.717) is 12.4 Å². The van der Waals surface area contributed by atoms with E-state index in [1.165, 1.54) is 0 Å². The van der Waals surface area contributed by atoms with Crippen LogP contribution in [0.5, 0.6) is 0 Å². The summed E-state index contributed by atoms with van der Waals surface area (Å²) in [5, 5.41) is 20.5. The summed E-state index contributed by atoms with van der Waals surface area (Å²) < 4.78 is 1.61. The van der Waals surface area contributed by atoms with Crippen LogP contribution in [0.3, 0.4) is 0 Å². The van der Waals surface area contributed by atoms with Gasteiger partial charge in [-0.2, -0.15) is 0 Å². The van der Waals surface area contributed by atoms with E-state index in [1.54, 1.807) is 11.7 Å². The Bertz CT molecular complexity index is 431. The molecule has 3 rings (SSSR count). The van der Waals surface area contributed by atoms with Crippen LogP contribution in [0.1, 0.15) is 19.3 Å². The third-order valence-corrected chi connectivity index (χ3v) is 3.68. The number of aryl methyl sites for hydroxylation is 1. The van der Waals surface area contributed by atoms with Crippen molar-refractivity contribution >= 4 is 11.9 Å². The molecule has 0 aliphatic carbocycles. The molecule has 7 nitrogen and oxygen atoms in total. The van der Waals surface area contributed by atoms with Crippen molar-refractivity contribution in [3.8, 4) is 0 Å². The number of aliphatic carboxylic acids is 1. The quantitative estimate of drug-likeness (QED) is 0.737. The van der Waals surface area contributed by atoms with E-state index in [4.69, 9.17) is 5.11 Å². The molecule has 0 aromatic carbocycles. The Hall–Kier alpha value is -1.66. The van der Waals surface area contributed by atoms with Gasteiger partial charge in [-0.15, -0.1) is 0 Å². The number of hydrogen-bond acceptors (Lipinski definition) is 5. The van der Waals surface area contributed by atoms with E-state index in [2.05, 4.69) is 20.4 Å². The Morgan fingerprint density at radius 2 is 2.31 bits per heavy atom. The Balaban J connectivity index is 1.94. The molecule has 86 valence electrons. The lowest BCUT2D eigenvalue weighted by molar-refractivity contribution is -0.142. The Morgan fingerprint density at radius 3 is 2.88 bits per heavy atom. The fourth-order valence-electron chi connectivity index (χ4n) is 3.01. The van der Waals surface area contributed by atoms with Crippen molar-refractivity contribution in [2.45, 2.75) is 31.3 Å². The second kappa shape index (κ2) is 3.16. The van der Waals surface area contributed by atoms with Crippen LogP contribution in [0, 0.1) is 5.92 Å². The average molecular weight is 223 g/mol. The predicted octanol–water partition coefficient (Wildman–Crippen LogP) is -0.348. The first-order valence-corrected chi connectivity index (χ1v) is 5.42. The smallest absolute Gasteiger partial charge is 0.308 e. The minimum atomic E-state index is -0.702. The zero-order valence-corrected chi connectivity index (χ0v) is 8.94. The zero-order chi connectivity index (χ0) is 11.3. The molecule has 2 aliphatic heterocycles. The third-order valence-electron chi connectivity index (χ3n) is 3.68. The first kappa shape index (κ1) is 9.56. The van der Waals surface area contributed by atoms with Crippen LogP contribution in [0.2, 0.25) is 0 Å². The Labute approximate surface area is 92.0 Å². The van der Waals surface area contributed by atoms with Crippen molar-refractivity contribution in [2.24, 2.45) is 13.0 Å². The average Bonchev–Trinajstić information content (AvgIpc) is 2.90. The van der Waals surface area contributed by atoms with E-state index in [0.717, 1.165) is 12.8 Å². The number of anilines is 1. The van der Waals surface area contributed by atoms with E-state index in [9.17, 15) is 4.79 Å². The molecule has 0 amide bonds. The van der Waals surface area contributed by atoms with Gasteiger partial charge in [-0.3, -0.25) is 4.79 Å². The standard InChI is InChI=1S/C9H13N5O2/c1-13-9(10-11-12-13)14-5-2-3-7(14)6(4-5)8(15)16/h5-7H,2-4H2,1H3,(H,15,16). The highest BCUT2D eigenvalue weighted by Gasteiger charge is 2.50. The van der Waals surface area contributed by atoms with Crippen LogP contribution < -0.4 is 4.90 Å². The van der Waals surface area contributed by atoms with Crippen LogP contribution in [0.15, 0.2) is 0 Å². The third kappa shape index (κ3) is 1.14.